The molecule has 0 bridgehead atoms. The van der Waals surface area contributed by atoms with Crippen molar-refractivity contribution in [3.8, 4) is 0 Å². The van der Waals surface area contributed by atoms with E-state index in [9.17, 15) is 4.79 Å². The van der Waals surface area contributed by atoms with Crippen LogP contribution in [0.2, 0.25) is 0 Å². The maximum atomic E-state index is 12.0. The van der Waals surface area contributed by atoms with E-state index in [0.717, 1.165) is 25.7 Å². The minimum atomic E-state index is -0.767. The predicted octanol–water partition coefficient (Wildman–Crippen LogP) is 0.921. The van der Waals surface area contributed by atoms with Crippen LogP contribution < -0.4 is 5.73 Å². The van der Waals surface area contributed by atoms with Gasteiger partial charge in [0.1, 0.15) is 12.1 Å². The smallest absolute Gasteiger partial charge is 0.327 e. The average Bonchev–Trinajstić information content (AvgIpc) is 2.84. The molecule has 0 radical (unpaired) electrons. The zero-order chi connectivity index (χ0) is 13.8. The molecule has 0 saturated heterocycles. The molecule has 0 aromatic carbocycles. The first kappa shape index (κ1) is 14.0. The molecule has 1 fully saturated rings. The number of hydrogen-bond acceptors (Lipinski definition) is 5. The van der Waals surface area contributed by atoms with Crippen LogP contribution in [0.25, 0.3) is 0 Å². The summed E-state index contributed by atoms with van der Waals surface area (Å²) < 4.78 is 12.4. The second kappa shape index (κ2) is 6.16. The first-order valence-corrected chi connectivity index (χ1v) is 6.57. The maximum absolute atomic E-state index is 12.0. The molecule has 1 heterocycles. The van der Waals surface area contributed by atoms with E-state index < -0.39 is 12.0 Å². The summed E-state index contributed by atoms with van der Waals surface area (Å²) in [5.41, 5.74) is 6.55. The Morgan fingerprint density at radius 2 is 2.26 bits per heavy atom. The number of hydrogen-bond donors (Lipinski definition) is 1. The van der Waals surface area contributed by atoms with E-state index in [1.807, 2.05) is 0 Å². The van der Waals surface area contributed by atoms with E-state index in [4.69, 9.17) is 15.2 Å². The average molecular weight is 267 g/mol. The molecule has 6 heteroatoms. The highest BCUT2D eigenvalue weighted by Crippen LogP contribution is 2.24. The molecule has 106 valence electrons. The Kier molecular flexibility index (Phi) is 4.55. The predicted molar refractivity (Wildman–Crippen MR) is 69.3 cm³/mol. The van der Waals surface area contributed by atoms with Gasteiger partial charge in [-0.1, -0.05) is 0 Å². The summed E-state index contributed by atoms with van der Waals surface area (Å²) in [6.07, 6.45) is 7.08. The largest absolute Gasteiger partial charge is 0.461 e. The molecule has 1 saturated carbocycles. The zero-order valence-electron chi connectivity index (χ0n) is 11.4. The van der Waals surface area contributed by atoms with Gasteiger partial charge in [0.05, 0.1) is 12.3 Å². The first-order chi connectivity index (χ1) is 9.10. The molecule has 0 amide bonds. The van der Waals surface area contributed by atoms with Crippen LogP contribution in [-0.4, -0.2) is 35.1 Å². The van der Waals surface area contributed by atoms with Crippen molar-refractivity contribution in [2.45, 2.75) is 43.9 Å². The number of carbonyl (C=O) groups is 1. The SMILES string of the molecule is COC1CCCC(OC(=O)C(N)c2cnn(C)c2)C1. The van der Waals surface area contributed by atoms with Crippen molar-refractivity contribution in [2.24, 2.45) is 12.8 Å². The molecule has 1 aromatic rings. The van der Waals surface area contributed by atoms with Crippen LogP contribution in [0.4, 0.5) is 0 Å². The Hall–Kier alpha value is -1.40. The van der Waals surface area contributed by atoms with Gasteiger partial charge in [-0.25, -0.2) is 4.79 Å². The first-order valence-electron chi connectivity index (χ1n) is 6.57. The number of methoxy groups -OCH3 is 1. The number of aromatic nitrogens is 2. The number of nitrogens with zero attached hydrogens (tertiary/aromatic N) is 2. The summed E-state index contributed by atoms with van der Waals surface area (Å²) in [6, 6.07) is -0.767. The third-order valence-electron chi connectivity index (χ3n) is 3.53. The van der Waals surface area contributed by atoms with Crippen LogP contribution in [0.3, 0.4) is 0 Å². The van der Waals surface area contributed by atoms with Crippen LogP contribution in [0.1, 0.15) is 37.3 Å². The highest BCUT2D eigenvalue weighted by molar-refractivity contribution is 5.77. The minimum absolute atomic E-state index is 0.0890. The number of rotatable bonds is 4. The van der Waals surface area contributed by atoms with E-state index in [0.29, 0.717) is 5.56 Å². The zero-order valence-corrected chi connectivity index (χ0v) is 11.4. The third-order valence-corrected chi connectivity index (χ3v) is 3.53. The molecule has 2 rings (SSSR count). The fraction of sp³-hybridized carbons (Fsp3) is 0.692. The third kappa shape index (κ3) is 3.54. The Morgan fingerprint density at radius 1 is 1.53 bits per heavy atom. The van der Waals surface area contributed by atoms with Gasteiger partial charge in [0, 0.05) is 32.3 Å². The van der Waals surface area contributed by atoms with E-state index in [1.54, 1.807) is 31.2 Å². The summed E-state index contributed by atoms with van der Waals surface area (Å²) in [7, 11) is 3.47. The molecule has 0 spiro atoms. The van der Waals surface area contributed by atoms with Gasteiger partial charge in [0.15, 0.2) is 0 Å². The minimum Gasteiger partial charge on any atom is -0.461 e. The van der Waals surface area contributed by atoms with Gasteiger partial charge < -0.3 is 15.2 Å². The number of aryl methyl sites for hydroxylation is 1. The molecule has 2 N–H and O–H groups in total. The molecule has 1 aromatic heterocycles. The summed E-state index contributed by atoms with van der Waals surface area (Å²) in [5.74, 6) is -0.394. The quantitative estimate of drug-likeness (QED) is 0.821. The fourth-order valence-corrected chi connectivity index (χ4v) is 2.40. The van der Waals surface area contributed by atoms with E-state index in [2.05, 4.69) is 5.10 Å². The van der Waals surface area contributed by atoms with Crippen molar-refractivity contribution >= 4 is 5.97 Å². The lowest BCUT2D eigenvalue weighted by atomic mass is 9.95. The Labute approximate surface area is 112 Å². The van der Waals surface area contributed by atoms with Crippen LogP contribution >= 0.6 is 0 Å². The second-order valence-corrected chi connectivity index (χ2v) is 5.01. The molecule has 0 aliphatic heterocycles. The standard InChI is InChI=1S/C13H21N3O3/c1-16-8-9(7-15-16)12(14)13(17)19-11-5-3-4-10(6-11)18-2/h7-8,10-12H,3-6,14H2,1-2H3. The van der Waals surface area contributed by atoms with Crippen molar-refractivity contribution in [1.82, 2.24) is 9.78 Å². The monoisotopic (exact) mass is 267 g/mol. The number of nitrogens with two attached hydrogens (primary N) is 1. The van der Waals surface area contributed by atoms with Crippen molar-refractivity contribution in [1.29, 1.82) is 0 Å². The van der Waals surface area contributed by atoms with Gasteiger partial charge >= 0.3 is 5.97 Å². The molecule has 3 atom stereocenters. The van der Waals surface area contributed by atoms with Crippen molar-refractivity contribution in [2.75, 3.05) is 7.11 Å². The second-order valence-electron chi connectivity index (χ2n) is 5.01. The van der Waals surface area contributed by atoms with Gasteiger partial charge in [-0.3, -0.25) is 4.68 Å². The maximum Gasteiger partial charge on any atom is 0.327 e. The summed E-state index contributed by atoms with van der Waals surface area (Å²) in [5, 5.41) is 4.00. The Balaban J connectivity index is 1.89. The number of carbonyl (C=O) groups excluding carboxylic acids is 1. The van der Waals surface area contributed by atoms with Crippen molar-refractivity contribution < 1.29 is 14.3 Å². The van der Waals surface area contributed by atoms with E-state index in [1.165, 1.54) is 0 Å². The molecule has 3 unspecified atom stereocenters. The van der Waals surface area contributed by atoms with Gasteiger partial charge in [-0.05, 0) is 19.3 Å². The highest BCUT2D eigenvalue weighted by atomic mass is 16.5. The lowest BCUT2D eigenvalue weighted by Gasteiger charge is -2.28. The van der Waals surface area contributed by atoms with Gasteiger partial charge in [0.2, 0.25) is 0 Å². The summed E-state index contributed by atoms with van der Waals surface area (Å²) >= 11 is 0. The normalized spacial score (nSPS) is 25.0. The van der Waals surface area contributed by atoms with Gasteiger partial charge in [-0.15, -0.1) is 0 Å². The fourth-order valence-electron chi connectivity index (χ4n) is 2.40. The summed E-state index contributed by atoms with van der Waals surface area (Å²) in [6.45, 7) is 0. The molecule has 6 nitrogen and oxygen atoms in total. The highest BCUT2D eigenvalue weighted by Gasteiger charge is 2.27. The van der Waals surface area contributed by atoms with E-state index in [-0.39, 0.29) is 12.2 Å². The molecule has 19 heavy (non-hydrogen) atoms. The summed E-state index contributed by atoms with van der Waals surface area (Å²) in [4.78, 5) is 12.0. The van der Waals surface area contributed by atoms with E-state index >= 15 is 0 Å². The molecular weight excluding hydrogens is 246 g/mol. The Bertz CT molecular complexity index is 433. The van der Waals surface area contributed by atoms with Gasteiger partial charge in [-0.2, -0.15) is 5.10 Å². The molecule has 1 aliphatic rings. The number of esters is 1. The lowest BCUT2D eigenvalue weighted by Crippen LogP contribution is -2.33. The van der Waals surface area contributed by atoms with Crippen LogP contribution in [-0.2, 0) is 21.3 Å². The van der Waals surface area contributed by atoms with Crippen LogP contribution in [0.15, 0.2) is 12.4 Å². The number of ether oxygens (including phenoxy) is 2. The van der Waals surface area contributed by atoms with Crippen LogP contribution in [0.5, 0.6) is 0 Å². The molecule has 1 aliphatic carbocycles. The molecular formula is C13H21N3O3. The topological polar surface area (TPSA) is 79.4 Å². The lowest BCUT2D eigenvalue weighted by molar-refractivity contribution is -0.154. The van der Waals surface area contributed by atoms with Crippen molar-refractivity contribution in [3.63, 3.8) is 0 Å². The van der Waals surface area contributed by atoms with Gasteiger partial charge in [0.25, 0.3) is 0 Å². The van der Waals surface area contributed by atoms with Crippen molar-refractivity contribution in [3.05, 3.63) is 18.0 Å². The van der Waals surface area contributed by atoms with Crippen LogP contribution in [0, 0.1) is 0 Å². The Morgan fingerprint density at radius 3 is 2.89 bits per heavy atom.